The predicted octanol–water partition coefficient (Wildman–Crippen LogP) is 6.15. The molecule has 24 heavy (non-hydrogen) atoms. The number of fused-ring (bicyclic) bond motifs is 3. The molecule has 0 N–H and O–H groups in total. The summed E-state index contributed by atoms with van der Waals surface area (Å²) >= 11 is 0. The van der Waals surface area contributed by atoms with Crippen LogP contribution in [0.25, 0.3) is 11.1 Å². The van der Waals surface area contributed by atoms with Gasteiger partial charge in [-0.15, -0.1) is 0 Å². The minimum absolute atomic E-state index is 0.0190. The Morgan fingerprint density at radius 1 is 0.583 bits per heavy atom. The smallest absolute Gasteiger partial charge is 0.184 e. The van der Waals surface area contributed by atoms with Gasteiger partial charge in [0.25, 0.3) is 0 Å². The first kappa shape index (κ1) is 17.6. The van der Waals surface area contributed by atoms with Gasteiger partial charge in [0, 0.05) is 0 Å². The lowest BCUT2D eigenvalue weighted by Crippen LogP contribution is -2.37. The van der Waals surface area contributed by atoms with Gasteiger partial charge in [0.05, 0.1) is 0 Å². The van der Waals surface area contributed by atoms with Gasteiger partial charge >= 0.3 is 0 Å². The first-order valence-corrected chi connectivity index (χ1v) is 15.5. The monoisotopic (exact) mass is 356 g/mol. The van der Waals surface area contributed by atoms with E-state index >= 15 is 0 Å². The van der Waals surface area contributed by atoms with Crippen LogP contribution in [0, 0.1) is 0 Å². The van der Waals surface area contributed by atoms with Crippen LogP contribution in [0.5, 0.6) is 0 Å². The van der Waals surface area contributed by atoms with Crippen LogP contribution < -0.4 is 0 Å². The van der Waals surface area contributed by atoms with Crippen molar-refractivity contribution >= 4 is 16.6 Å². The van der Waals surface area contributed by atoms with Gasteiger partial charge < -0.3 is 8.85 Å². The van der Waals surface area contributed by atoms with Crippen molar-refractivity contribution in [1.82, 2.24) is 0 Å². The second-order valence-corrected chi connectivity index (χ2v) is 17.4. The number of benzene rings is 2. The molecule has 0 bridgehead atoms. The molecule has 0 amide bonds. The van der Waals surface area contributed by atoms with Crippen LogP contribution in [0.1, 0.15) is 23.3 Å². The van der Waals surface area contributed by atoms with E-state index in [1.807, 2.05) is 0 Å². The van der Waals surface area contributed by atoms with Crippen LogP contribution in [-0.2, 0) is 8.85 Å². The molecule has 0 heterocycles. The van der Waals surface area contributed by atoms with Crippen molar-refractivity contribution in [2.24, 2.45) is 0 Å². The molecule has 0 saturated carbocycles. The minimum atomic E-state index is -1.72. The number of rotatable bonds is 4. The lowest BCUT2D eigenvalue weighted by molar-refractivity contribution is 0.0406. The lowest BCUT2D eigenvalue weighted by atomic mass is 9.82. The van der Waals surface area contributed by atoms with Crippen molar-refractivity contribution in [2.75, 3.05) is 0 Å². The van der Waals surface area contributed by atoms with Crippen LogP contribution in [0.3, 0.4) is 0 Å². The van der Waals surface area contributed by atoms with Gasteiger partial charge in [-0.1, -0.05) is 48.5 Å². The zero-order valence-electron chi connectivity index (χ0n) is 15.6. The summed E-state index contributed by atoms with van der Waals surface area (Å²) in [5, 5.41) is 0. The lowest BCUT2D eigenvalue weighted by Gasteiger charge is -2.41. The molecule has 2 aromatic carbocycles. The van der Waals surface area contributed by atoms with Gasteiger partial charge in [-0.05, 0) is 61.5 Å². The Labute approximate surface area is 148 Å². The molecule has 0 unspecified atom stereocenters. The normalized spacial score (nSPS) is 20.4. The Hall–Kier alpha value is -1.21. The van der Waals surface area contributed by atoms with E-state index in [0.717, 1.165) is 0 Å². The summed E-state index contributed by atoms with van der Waals surface area (Å²) in [5.74, 6) is 0. The summed E-state index contributed by atoms with van der Waals surface area (Å²) in [6.07, 6.45) is -0.0380. The van der Waals surface area contributed by atoms with E-state index < -0.39 is 16.6 Å². The van der Waals surface area contributed by atoms with Gasteiger partial charge in [0.15, 0.2) is 16.6 Å². The fourth-order valence-corrected chi connectivity index (χ4v) is 5.34. The van der Waals surface area contributed by atoms with Gasteiger partial charge in [0.2, 0.25) is 0 Å². The maximum absolute atomic E-state index is 6.66. The van der Waals surface area contributed by atoms with Crippen LogP contribution in [0.4, 0.5) is 0 Å². The van der Waals surface area contributed by atoms with Gasteiger partial charge in [-0.3, -0.25) is 0 Å². The van der Waals surface area contributed by atoms with Gasteiger partial charge in [-0.2, -0.15) is 0 Å². The number of hydrogen-bond donors (Lipinski definition) is 0. The van der Waals surface area contributed by atoms with E-state index in [2.05, 4.69) is 87.8 Å². The molecule has 3 rings (SSSR count). The first-order valence-electron chi connectivity index (χ1n) is 8.70. The van der Waals surface area contributed by atoms with Crippen molar-refractivity contribution < 1.29 is 8.85 Å². The molecular weight excluding hydrogens is 328 g/mol. The Morgan fingerprint density at radius 3 is 1.25 bits per heavy atom. The van der Waals surface area contributed by atoms with Gasteiger partial charge in [-0.25, -0.2) is 0 Å². The highest BCUT2D eigenvalue weighted by Gasteiger charge is 2.39. The van der Waals surface area contributed by atoms with Gasteiger partial charge in [0.1, 0.15) is 12.2 Å². The fraction of sp³-hybridized carbons (Fsp3) is 0.400. The Balaban J connectivity index is 2.17. The van der Waals surface area contributed by atoms with Crippen molar-refractivity contribution in [3.63, 3.8) is 0 Å². The van der Waals surface area contributed by atoms with Crippen LogP contribution in [0.15, 0.2) is 48.5 Å². The summed E-state index contributed by atoms with van der Waals surface area (Å²) in [6.45, 7) is 13.5. The van der Waals surface area contributed by atoms with E-state index in [4.69, 9.17) is 8.85 Å². The molecule has 0 saturated heterocycles. The third kappa shape index (κ3) is 3.72. The summed E-state index contributed by atoms with van der Waals surface area (Å²) < 4.78 is 13.3. The van der Waals surface area contributed by atoms with E-state index in [9.17, 15) is 0 Å². The van der Waals surface area contributed by atoms with Crippen LogP contribution in [-0.4, -0.2) is 16.6 Å². The highest BCUT2D eigenvalue weighted by molar-refractivity contribution is 6.70. The predicted molar refractivity (Wildman–Crippen MR) is 106 cm³/mol. The quantitative estimate of drug-likeness (QED) is 0.611. The number of hydrogen-bond acceptors (Lipinski definition) is 2. The van der Waals surface area contributed by atoms with E-state index in [1.54, 1.807) is 0 Å². The molecule has 0 spiro atoms. The molecule has 128 valence electrons. The largest absolute Gasteiger partial charge is 0.408 e. The van der Waals surface area contributed by atoms with E-state index in [-0.39, 0.29) is 12.2 Å². The molecule has 0 fully saturated rings. The highest BCUT2D eigenvalue weighted by Crippen LogP contribution is 2.49. The summed E-state index contributed by atoms with van der Waals surface area (Å²) in [5.41, 5.74) is 5.10. The van der Waals surface area contributed by atoms with Crippen molar-refractivity contribution in [3.05, 3.63) is 59.7 Å². The fourth-order valence-electron chi connectivity index (χ4n) is 3.32. The molecule has 4 heteroatoms. The molecule has 2 nitrogen and oxygen atoms in total. The maximum Gasteiger partial charge on any atom is 0.184 e. The van der Waals surface area contributed by atoms with E-state index in [1.165, 1.54) is 22.3 Å². The van der Waals surface area contributed by atoms with Crippen molar-refractivity contribution in [3.8, 4) is 11.1 Å². The summed E-state index contributed by atoms with van der Waals surface area (Å²) in [6, 6.07) is 17.3. The molecule has 1 aliphatic carbocycles. The first-order chi connectivity index (χ1) is 11.2. The molecule has 0 radical (unpaired) electrons. The average Bonchev–Trinajstić information content (AvgIpc) is 2.48. The minimum Gasteiger partial charge on any atom is -0.408 e. The topological polar surface area (TPSA) is 18.5 Å². The van der Waals surface area contributed by atoms with Crippen molar-refractivity contribution in [1.29, 1.82) is 0 Å². The van der Waals surface area contributed by atoms with Crippen molar-refractivity contribution in [2.45, 2.75) is 51.5 Å². The molecule has 2 atom stereocenters. The Kier molecular flexibility index (Phi) is 4.59. The molecular formula is C20H28O2Si2. The maximum atomic E-state index is 6.66. The molecule has 0 aromatic heterocycles. The van der Waals surface area contributed by atoms with Crippen LogP contribution >= 0.6 is 0 Å². The zero-order valence-corrected chi connectivity index (χ0v) is 17.6. The molecule has 0 aliphatic heterocycles. The summed E-state index contributed by atoms with van der Waals surface area (Å²) in [4.78, 5) is 0. The second kappa shape index (κ2) is 6.26. The third-order valence-corrected chi connectivity index (χ3v) is 5.98. The van der Waals surface area contributed by atoms with E-state index in [0.29, 0.717) is 0 Å². The molecule has 1 aliphatic rings. The second-order valence-electron chi connectivity index (χ2n) is 8.48. The Bertz CT molecular complexity index is 665. The highest BCUT2D eigenvalue weighted by atomic mass is 28.4. The van der Waals surface area contributed by atoms with Crippen LogP contribution in [0.2, 0.25) is 39.3 Å². The molecule has 2 aromatic rings. The standard InChI is InChI=1S/C20H28O2Si2/c1-23(2,3)21-19-17-13-9-7-11-15(17)16-12-8-10-14-18(16)20(19)22-24(4,5)6/h7-14,19-20H,1-6H3/t19-,20+. The summed E-state index contributed by atoms with van der Waals surface area (Å²) in [7, 11) is -3.43. The SMILES string of the molecule is C[Si](C)(C)O[C@@H]1c2ccccc2-c2ccccc2[C@@H]1O[Si](C)(C)C. The zero-order chi connectivity index (χ0) is 17.5. The Morgan fingerprint density at radius 2 is 0.917 bits per heavy atom. The average molecular weight is 357 g/mol. The third-order valence-electron chi connectivity index (χ3n) is 4.06.